The largest absolute Gasteiger partial charge is 0.484 e. The number of carbonyl (C=O) groups excluding carboxylic acids is 1. The molecule has 35 heavy (non-hydrogen) atoms. The summed E-state index contributed by atoms with van der Waals surface area (Å²) in [6.45, 7) is 5.43. The number of nitrogens with one attached hydrogen (secondary N) is 1. The standard InChI is InChI=1S/C26H28N6O3/c1-17-13-20(15-27-29-25(33)16-35-22-10-8-9-21(14-22)30(4)5)18(2)31(17)32-19(3)28-24-12-7-6-11-23(24)26(32)34/h6-15H,16H2,1-5H3,(H,29,33). The highest BCUT2D eigenvalue weighted by Gasteiger charge is 2.15. The summed E-state index contributed by atoms with van der Waals surface area (Å²) >= 11 is 0. The van der Waals surface area contributed by atoms with Crippen molar-refractivity contribution in [3.63, 3.8) is 0 Å². The molecule has 180 valence electrons. The summed E-state index contributed by atoms with van der Waals surface area (Å²) in [6, 6.07) is 16.7. The number of amides is 1. The van der Waals surface area contributed by atoms with Gasteiger partial charge >= 0.3 is 0 Å². The van der Waals surface area contributed by atoms with Gasteiger partial charge < -0.3 is 9.64 Å². The van der Waals surface area contributed by atoms with Gasteiger partial charge in [0.05, 0.1) is 17.1 Å². The zero-order valence-corrected chi connectivity index (χ0v) is 20.4. The highest BCUT2D eigenvalue weighted by atomic mass is 16.5. The highest BCUT2D eigenvalue weighted by Crippen LogP contribution is 2.19. The van der Waals surface area contributed by atoms with Gasteiger partial charge in [-0.2, -0.15) is 9.78 Å². The van der Waals surface area contributed by atoms with E-state index < -0.39 is 0 Å². The van der Waals surface area contributed by atoms with Crippen molar-refractivity contribution >= 4 is 28.7 Å². The van der Waals surface area contributed by atoms with E-state index in [0.717, 1.165) is 22.6 Å². The lowest BCUT2D eigenvalue weighted by Gasteiger charge is -2.16. The zero-order chi connectivity index (χ0) is 25.1. The first-order valence-corrected chi connectivity index (χ1v) is 11.2. The molecule has 0 saturated carbocycles. The third kappa shape index (κ3) is 4.93. The monoisotopic (exact) mass is 472 g/mol. The van der Waals surface area contributed by atoms with E-state index in [1.54, 1.807) is 34.6 Å². The maximum absolute atomic E-state index is 13.2. The predicted molar refractivity (Wildman–Crippen MR) is 137 cm³/mol. The molecule has 0 fully saturated rings. The molecule has 0 atom stereocenters. The Hall–Kier alpha value is -4.40. The number of anilines is 1. The molecule has 0 saturated heterocycles. The molecule has 0 aliphatic heterocycles. The van der Waals surface area contributed by atoms with Gasteiger partial charge in [0.25, 0.3) is 11.5 Å². The Balaban J connectivity index is 1.49. The molecule has 4 aromatic rings. The van der Waals surface area contributed by atoms with Crippen molar-refractivity contribution in [2.75, 3.05) is 25.6 Å². The van der Waals surface area contributed by atoms with Crippen LogP contribution in [0.5, 0.6) is 5.75 Å². The van der Waals surface area contributed by atoms with E-state index in [1.807, 2.05) is 75.3 Å². The van der Waals surface area contributed by atoms with Gasteiger partial charge in [0, 0.05) is 42.8 Å². The lowest BCUT2D eigenvalue weighted by atomic mass is 10.2. The molecule has 0 unspecified atom stereocenters. The highest BCUT2D eigenvalue weighted by molar-refractivity contribution is 5.84. The Kier molecular flexibility index (Phi) is 6.68. The lowest BCUT2D eigenvalue weighted by Crippen LogP contribution is -2.31. The minimum Gasteiger partial charge on any atom is -0.484 e. The Morgan fingerprint density at radius 2 is 1.86 bits per heavy atom. The molecule has 0 aliphatic rings. The summed E-state index contributed by atoms with van der Waals surface area (Å²) in [6.07, 6.45) is 1.55. The molecule has 0 aliphatic carbocycles. The predicted octanol–water partition coefficient (Wildman–Crippen LogP) is 3.03. The Bertz CT molecular complexity index is 1480. The van der Waals surface area contributed by atoms with Crippen molar-refractivity contribution in [3.8, 4) is 5.75 Å². The van der Waals surface area contributed by atoms with Gasteiger partial charge in [0.15, 0.2) is 6.61 Å². The van der Waals surface area contributed by atoms with Crippen LogP contribution in [0.3, 0.4) is 0 Å². The second kappa shape index (κ2) is 9.84. The fraction of sp³-hybridized carbons (Fsp3) is 0.231. The lowest BCUT2D eigenvalue weighted by molar-refractivity contribution is -0.123. The quantitative estimate of drug-likeness (QED) is 0.330. The van der Waals surface area contributed by atoms with E-state index >= 15 is 0 Å². The molecule has 9 nitrogen and oxygen atoms in total. The molecule has 0 bridgehead atoms. The summed E-state index contributed by atoms with van der Waals surface area (Å²) in [5, 5.41) is 4.62. The number of nitrogens with zero attached hydrogens (tertiary/aromatic N) is 5. The minimum absolute atomic E-state index is 0.151. The summed E-state index contributed by atoms with van der Waals surface area (Å²) in [5.74, 6) is 0.794. The molecule has 2 aromatic carbocycles. The van der Waals surface area contributed by atoms with Crippen LogP contribution < -0.4 is 20.6 Å². The number of hydrogen-bond acceptors (Lipinski definition) is 6. The van der Waals surface area contributed by atoms with Crippen LogP contribution in [0.4, 0.5) is 5.69 Å². The molecular weight excluding hydrogens is 444 g/mol. The van der Waals surface area contributed by atoms with E-state index in [4.69, 9.17) is 4.74 Å². The number of benzene rings is 2. The van der Waals surface area contributed by atoms with Crippen LogP contribution in [-0.2, 0) is 4.79 Å². The van der Waals surface area contributed by atoms with E-state index in [9.17, 15) is 9.59 Å². The number of ether oxygens (including phenoxy) is 1. The van der Waals surface area contributed by atoms with Gasteiger partial charge in [0.1, 0.15) is 11.6 Å². The number of aromatic nitrogens is 3. The van der Waals surface area contributed by atoms with Crippen LogP contribution in [0.15, 0.2) is 64.5 Å². The summed E-state index contributed by atoms with van der Waals surface area (Å²) in [4.78, 5) is 31.9. The maximum atomic E-state index is 13.2. The normalized spacial score (nSPS) is 11.2. The molecular formula is C26H28N6O3. The average Bonchev–Trinajstić information content (AvgIpc) is 3.11. The van der Waals surface area contributed by atoms with Gasteiger partial charge in [-0.05, 0) is 51.1 Å². The number of aryl methyl sites for hydroxylation is 2. The third-order valence-corrected chi connectivity index (χ3v) is 5.65. The number of hydrazone groups is 1. The fourth-order valence-electron chi connectivity index (χ4n) is 3.89. The molecule has 9 heteroatoms. The van der Waals surface area contributed by atoms with E-state index in [2.05, 4.69) is 15.5 Å². The van der Waals surface area contributed by atoms with Crippen molar-refractivity contribution in [1.29, 1.82) is 0 Å². The molecule has 1 N–H and O–H groups in total. The Morgan fingerprint density at radius 3 is 2.63 bits per heavy atom. The van der Waals surface area contributed by atoms with E-state index in [-0.39, 0.29) is 18.1 Å². The SMILES string of the molecule is Cc1cc(C=NNC(=O)COc2cccc(N(C)C)c2)c(C)n1-n1c(C)nc2ccccc2c1=O. The van der Waals surface area contributed by atoms with Crippen molar-refractivity contribution in [2.24, 2.45) is 5.10 Å². The molecule has 4 rings (SSSR count). The summed E-state index contributed by atoms with van der Waals surface area (Å²) in [7, 11) is 3.87. The van der Waals surface area contributed by atoms with Crippen LogP contribution in [0, 0.1) is 20.8 Å². The number of hydrogen-bond donors (Lipinski definition) is 1. The van der Waals surface area contributed by atoms with Crippen LogP contribution in [0.2, 0.25) is 0 Å². The molecule has 2 heterocycles. The van der Waals surface area contributed by atoms with Gasteiger partial charge in [-0.25, -0.2) is 10.4 Å². The molecule has 0 spiro atoms. The van der Waals surface area contributed by atoms with Gasteiger partial charge in [0.2, 0.25) is 0 Å². The van der Waals surface area contributed by atoms with Crippen molar-refractivity contribution in [2.45, 2.75) is 20.8 Å². The summed E-state index contributed by atoms with van der Waals surface area (Å²) < 4.78 is 8.93. The van der Waals surface area contributed by atoms with Gasteiger partial charge in [-0.1, -0.05) is 18.2 Å². The van der Waals surface area contributed by atoms with Crippen LogP contribution >= 0.6 is 0 Å². The second-order valence-electron chi connectivity index (χ2n) is 8.41. The zero-order valence-electron chi connectivity index (χ0n) is 20.4. The average molecular weight is 473 g/mol. The van der Waals surface area contributed by atoms with Crippen molar-refractivity contribution in [1.82, 2.24) is 19.8 Å². The maximum Gasteiger partial charge on any atom is 0.280 e. The number of fused-ring (bicyclic) bond motifs is 1. The molecule has 0 radical (unpaired) electrons. The number of para-hydroxylation sites is 1. The van der Waals surface area contributed by atoms with E-state index in [1.165, 1.54) is 0 Å². The van der Waals surface area contributed by atoms with Gasteiger partial charge in [-0.3, -0.25) is 14.3 Å². The van der Waals surface area contributed by atoms with Crippen molar-refractivity contribution < 1.29 is 9.53 Å². The van der Waals surface area contributed by atoms with Crippen molar-refractivity contribution in [3.05, 3.63) is 87.7 Å². The van der Waals surface area contributed by atoms with Crippen LogP contribution in [0.25, 0.3) is 10.9 Å². The number of rotatable bonds is 7. The Labute approximate surface area is 203 Å². The first kappa shape index (κ1) is 23.7. The molecule has 2 aromatic heterocycles. The first-order valence-electron chi connectivity index (χ1n) is 11.2. The van der Waals surface area contributed by atoms with Crippen LogP contribution in [0.1, 0.15) is 22.8 Å². The first-order chi connectivity index (χ1) is 16.8. The smallest absolute Gasteiger partial charge is 0.280 e. The summed E-state index contributed by atoms with van der Waals surface area (Å²) in [5.41, 5.74) is 6.37. The Morgan fingerprint density at radius 1 is 1.09 bits per heavy atom. The van der Waals surface area contributed by atoms with Gasteiger partial charge in [-0.15, -0.1) is 0 Å². The second-order valence-corrected chi connectivity index (χ2v) is 8.41. The topological polar surface area (TPSA) is 93.8 Å². The van der Waals surface area contributed by atoms with Crippen LogP contribution in [-0.4, -0.2) is 47.2 Å². The third-order valence-electron chi connectivity index (χ3n) is 5.65. The number of carbonyl (C=O) groups is 1. The minimum atomic E-state index is -0.379. The fourth-order valence-corrected chi connectivity index (χ4v) is 3.89. The molecule has 1 amide bonds. The van der Waals surface area contributed by atoms with E-state index in [0.29, 0.717) is 22.5 Å².